The summed E-state index contributed by atoms with van der Waals surface area (Å²) in [6.45, 7) is 1.85. The summed E-state index contributed by atoms with van der Waals surface area (Å²) in [5.41, 5.74) is 5.53. The molecule has 1 N–H and O–H groups in total. The van der Waals surface area contributed by atoms with Gasteiger partial charge in [0.05, 0.1) is 11.4 Å². The summed E-state index contributed by atoms with van der Waals surface area (Å²) in [6, 6.07) is 16.3. The fourth-order valence-corrected chi connectivity index (χ4v) is 4.85. The lowest BCUT2D eigenvalue weighted by atomic mass is 9.99. The van der Waals surface area contributed by atoms with Crippen LogP contribution in [0.2, 0.25) is 0 Å². The first kappa shape index (κ1) is 22.2. The van der Waals surface area contributed by atoms with Crippen LogP contribution in [0, 0.1) is 6.92 Å². The van der Waals surface area contributed by atoms with Crippen LogP contribution in [0.15, 0.2) is 64.6 Å². The average molecular weight is 428 g/mol. The van der Waals surface area contributed by atoms with Crippen LogP contribution in [0.3, 0.4) is 0 Å². The molecule has 0 heterocycles. The Morgan fingerprint density at radius 2 is 1.67 bits per heavy atom. The lowest BCUT2D eigenvalue weighted by Gasteiger charge is -2.22. The van der Waals surface area contributed by atoms with Crippen molar-refractivity contribution in [1.29, 1.82) is 0 Å². The van der Waals surface area contributed by atoms with E-state index in [1.54, 1.807) is 24.3 Å². The number of amides is 1. The summed E-state index contributed by atoms with van der Waals surface area (Å²) in [6.07, 6.45) is 5.65. The van der Waals surface area contributed by atoms with Crippen LogP contribution in [0.5, 0.6) is 0 Å². The number of nitrogens with zero attached hydrogens (tertiary/aromatic N) is 2. The third kappa shape index (κ3) is 6.24. The van der Waals surface area contributed by atoms with E-state index >= 15 is 0 Å². The van der Waals surface area contributed by atoms with Crippen LogP contribution in [-0.4, -0.2) is 37.4 Å². The molecule has 1 saturated carbocycles. The van der Waals surface area contributed by atoms with Crippen molar-refractivity contribution in [2.75, 3.05) is 13.1 Å². The Balaban J connectivity index is 1.74. The number of sulfonamides is 1. The molecule has 0 radical (unpaired) electrons. The highest BCUT2D eigenvalue weighted by Gasteiger charge is 2.26. The van der Waals surface area contributed by atoms with Gasteiger partial charge < -0.3 is 0 Å². The molecule has 7 heteroatoms. The Labute approximate surface area is 179 Å². The molecular formula is C23H29N3O3S. The Morgan fingerprint density at radius 3 is 2.33 bits per heavy atom. The molecule has 1 aliphatic rings. The molecule has 6 nitrogen and oxygen atoms in total. The van der Waals surface area contributed by atoms with Crippen molar-refractivity contribution in [3.63, 3.8) is 0 Å². The van der Waals surface area contributed by atoms with Gasteiger partial charge in [0.2, 0.25) is 10.0 Å². The molecule has 1 fully saturated rings. The quantitative estimate of drug-likeness (QED) is 0.653. The second-order valence-corrected chi connectivity index (χ2v) is 9.60. The molecule has 0 aromatic heterocycles. The number of carbonyl (C=O) groups is 1. The van der Waals surface area contributed by atoms with Crippen LogP contribution in [0.25, 0.3) is 0 Å². The molecule has 0 saturated heterocycles. The minimum atomic E-state index is -3.80. The minimum absolute atomic E-state index is 0.188. The first-order chi connectivity index (χ1) is 14.4. The van der Waals surface area contributed by atoms with E-state index in [2.05, 4.69) is 10.5 Å². The largest absolute Gasteiger partial charge is 0.272 e. The zero-order chi connectivity index (χ0) is 21.4. The van der Waals surface area contributed by atoms with Crippen LogP contribution < -0.4 is 5.43 Å². The molecule has 0 aliphatic heterocycles. The molecule has 0 unspecified atom stereocenters. The summed E-state index contributed by atoms with van der Waals surface area (Å²) in [4.78, 5) is 12.7. The van der Waals surface area contributed by atoms with E-state index in [1.165, 1.54) is 10.7 Å². The van der Waals surface area contributed by atoms with E-state index in [4.69, 9.17) is 0 Å². The summed E-state index contributed by atoms with van der Waals surface area (Å²) >= 11 is 0. The lowest BCUT2D eigenvalue weighted by molar-refractivity contribution is -0.121. The molecule has 160 valence electrons. The van der Waals surface area contributed by atoms with Gasteiger partial charge in [-0.25, -0.2) is 13.8 Å². The van der Waals surface area contributed by atoms with Crippen LogP contribution in [0.4, 0.5) is 0 Å². The fourth-order valence-electron chi connectivity index (χ4n) is 3.45. The summed E-state index contributed by atoms with van der Waals surface area (Å²) in [7, 11) is -3.80. The third-order valence-corrected chi connectivity index (χ3v) is 7.10. The van der Waals surface area contributed by atoms with Crippen LogP contribution in [0.1, 0.15) is 43.2 Å². The predicted octanol–water partition coefficient (Wildman–Crippen LogP) is 3.66. The SMILES string of the molecule is Cc1ccc(S(=O)(=O)N(CCc2ccccc2)CC(=O)NN=C2CCCCC2)cc1. The van der Waals surface area contributed by atoms with Gasteiger partial charge in [-0.05, 0) is 56.7 Å². The number of hydrazone groups is 1. The topological polar surface area (TPSA) is 78.8 Å². The van der Waals surface area contributed by atoms with Gasteiger partial charge in [0.15, 0.2) is 0 Å². The zero-order valence-corrected chi connectivity index (χ0v) is 18.2. The van der Waals surface area contributed by atoms with Gasteiger partial charge in [0.1, 0.15) is 0 Å². The molecule has 2 aromatic rings. The Hall–Kier alpha value is -2.51. The van der Waals surface area contributed by atoms with Crippen molar-refractivity contribution < 1.29 is 13.2 Å². The highest BCUT2D eigenvalue weighted by atomic mass is 32.2. The van der Waals surface area contributed by atoms with Gasteiger partial charge >= 0.3 is 0 Å². The molecule has 0 atom stereocenters. The van der Waals surface area contributed by atoms with Crippen molar-refractivity contribution in [1.82, 2.24) is 9.73 Å². The van der Waals surface area contributed by atoms with Crippen LogP contribution in [-0.2, 0) is 21.2 Å². The van der Waals surface area contributed by atoms with E-state index in [0.29, 0.717) is 6.42 Å². The number of nitrogens with one attached hydrogen (secondary N) is 1. The molecule has 30 heavy (non-hydrogen) atoms. The normalized spacial score (nSPS) is 14.5. The molecule has 0 bridgehead atoms. The van der Waals surface area contributed by atoms with E-state index in [9.17, 15) is 13.2 Å². The Morgan fingerprint density at radius 1 is 1.00 bits per heavy atom. The molecule has 0 spiro atoms. The number of carbonyl (C=O) groups excluding carboxylic acids is 1. The van der Waals surface area contributed by atoms with E-state index in [-0.39, 0.29) is 18.0 Å². The van der Waals surface area contributed by atoms with Gasteiger partial charge in [0.25, 0.3) is 5.91 Å². The van der Waals surface area contributed by atoms with Gasteiger partial charge in [-0.3, -0.25) is 4.79 Å². The van der Waals surface area contributed by atoms with Gasteiger partial charge in [-0.15, -0.1) is 0 Å². The Bertz CT molecular complexity index is 963. The minimum Gasteiger partial charge on any atom is -0.272 e. The standard InChI is InChI=1S/C23H29N3O3S/c1-19-12-14-22(15-13-19)30(28,29)26(17-16-20-8-4-2-5-9-20)18-23(27)25-24-21-10-6-3-7-11-21/h2,4-5,8-9,12-15H,3,6-7,10-11,16-18H2,1H3,(H,25,27). The smallest absolute Gasteiger partial charge is 0.255 e. The molecule has 1 amide bonds. The Kier molecular flexibility index (Phi) is 7.76. The van der Waals surface area contributed by atoms with Crippen LogP contribution >= 0.6 is 0 Å². The highest BCUT2D eigenvalue weighted by molar-refractivity contribution is 7.89. The molecule has 2 aromatic carbocycles. The lowest BCUT2D eigenvalue weighted by Crippen LogP contribution is -2.40. The van der Waals surface area contributed by atoms with Gasteiger partial charge in [-0.1, -0.05) is 54.4 Å². The second kappa shape index (κ2) is 10.5. The number of benzene rings is 2. The number of aryl methyl sites for hydroxylation is 1. The number of hydrogen-bond donors (Lipinski definition) is 1. The summed E-state index contributed by atoms with van der Waals surface area (Å²) in [5.74, 6) is -0.420. The third-order valence-electron chi connectivity index (χ3n) is 5.24. The molecule has 3 rings (SSSR count). The first-order valence-electron chi connectivity index (χ1n) is 10.4. The van der Waals surface area contributed by atoms with E-state index in [0.717, 1.165) is 42.5 Å². The maximum absolute atomic E-state index is 13.2. The van der Waals surface area contributed by atoms with Crippen molar-refractivity contribution >= 4 is 21.6 Å². The fraction of sp³-hybridized carbons (Fsp3) is 0.391. The van der Waals surface area contributed by atoms with Crippen molar-refractivity contribution in [2.24, 2.45) is 5.10 Å². The highest BCUT2D eigenvalue weighted by Crippen LogP contribution is 2.17. The molecular weight excluding hydrogens is 398 g/mol. The maximum atomic E-state index is 13.2. The second-order valence-electron chi connectivity index (χ2n) is 7.66. The zero-order valence-electron chi connectivity index (χ0n) is 17.4. The first-order valence-corrected chi connectivity index (χ1v) is 11.8. The summed E-state index contributed by atoms with van der Waals surface area (Å²) < 4.78 is 27.7. The number of rotatable bonds is 8. The van der Waals surface area contributed by atoms with E-state index < -0.39 is 15.9 Å². The van der Waals surface area contributed by atoms with E-state index in [1.807, 2.05) is 37.3 Å². The predicted molar refractivity (Wildman–Crippen MR) is 119 cm³/mol. The average Bonchev–Trinajstić information content (AvgIpc) is 2.77. The van der Waals surface area contributed by atoms with Crippen molar-refractivity contribution in [2.45, 2.75) is 50.3 Å². The van der Waals surface area contributed by atoms with Gasteiger partial charge in [-0.2, -0.15) is 9.41 Å². The van der Waals surface area contributed by atoms with Crippen molar-refractivity contribution in [3.8, 4) is 0 Å². The molecule has 1 aliphatic carbocycles. The van der Waals surface area contributed by atoms with Gasteiger partial charge in [0, 0.05) is 12.3 Å². The monoisotopic (exact) mass is 427 g/mol. The van der Waals surface area contributed by atoms with Crippen molar-refractivity contribution in [3.05, 3.63) is 65.7 Å². The number of hydrogen-bond acceptors (Lipinski definition) is 4. The summed E-state index contributed by atoms with van der Waals surface area (Å²) in [5, 5.41) is 4.22. The maximum Gasteiger partial charge on any atom is 0.255 e.